The van der Waals surface area contributed by atoms with Crippen molar-refractivity contribution in [2.75, 3.05) is 7.11 Å². The van der Waals surface area contributed by atoms with Gasteiger partial charge in [0.15, 0.2) is 0 Å². The maximum Gasteiger partial charge on any atom is 0.327 e. The van der Waals surface area contributed by atoms with Crippen molar-refractivity contribution in [3.8, 4) is 6.07 Å². The molecule has 0 amide bonds. The average Bonchev–Trinajstić information content (AvgIpc) is 2.86. The van der Waals surface area contributed by atoms with Crippen molar-refractivity contribution in [3.05, 3.63) is 28.8 Å². The van der Waals surface area contributed by atoms with Gasteiger partial charge in [0, 0.05) is 4.90 Å². The van der Waals surface area contributed by atoms with E-state index in [-0.39, 0.29) is 6.54 Å². The first-order valence-corrected chi connectivity index (χ1v) is 6.54. The zero-order chi connectivity index (χ0) is 14.5. The van der Waals surface area contributed by atoms with E-state index in [1.54, 1.807) is 18.2 Å². The molecular formula is C11H8ClN5O2S. The van der Waals surface area contributed by atoms with Crippen LogP contribution in [0.5, 0.6) is 0 Å². The number of esters is 1. The first-order chi connectivity index (χ1) is 9.63. The van der Waals surface area contributed by atoms with Crippen molar-refractivity contribution in [3.63, 3.8) is 0 Å². The minimum Gasteiger partial charge on any atom is -0.468 e. The fourth-order valence-corrected chi connectivity index (χ4v) is 2.41. The number of rotatable bonds is 4. The highest BCUT2D eigenvalue weighted by Gasteiger charge is 2.12. The summed E-state index contributed by atoms with van der Waals surface area (Å²) in [4.78, 5) is 12.0. The monoisotopic (exact) mass is 309 g/mol. The van der Waals surface area contributed by atoms with Crippen molar-refractivity contribution in [2.45, 2.75) is 16.6 Å². The SMILES string of the molecule is COC(=O)Cn1nnnc1Sc1ccc(C#N)c(Cl)c1. The summed E-state index contributed by atoms with van der Waals surface area (Å²) >= 11 is 7.18. The number of nitrogens with zero attached hydrogens (tertiary/aromatic N) is 5. The van der Waals surface area contributed by atoms with E-state index in [1.807, 2.05) is 6.07 Å². The highest BCUT2D eigenvalue weighted by atomic mass is 35.5. The molecule has 1 aromatic heterocycles. The van der Waals surface area contributed by atoms with Crippen molar-refractivity contribution < 1.29 is 9.53 Å². The molecule has 0 aliphatic heterocycles. The Kier molecular flexibility index (Phi) is 4.55. The average molecular weight is 310 g/mol. The molecule has 0 fully saturated rings. The smallest absolute Gasteiger partial charge is 0.327 e. The van der Waals surface area contributed by atoms with Gasteiger partial charge in [-0.05, 0) is 40.4 Å². The second-order valence-electron chi connectivity index (χ2n) is 3.55. The van der Waals surface area contributed by atoms with Crippen LogP contribution in [0.25, 0.3) is 0 Å². The van der Waals surface area contributed by atoms with E-state index >= 15 is 0 Å². The maximum absolute atomic E-state index is 11.2. The molecule has 1 aromatic carbocycles. The van der Waals surface area contributed by atoms with Crippen LogP contribution in [0.1, 0.15) is 5.56 Å². The molecule has 2 rings (SSSR count). The molecule has 1 heterocycles. The molecule has 20 heavy (non-hydrogen) atoms. The van der Waals surface area contributed by atoms with Gasteiger partial charge < -0.3 is 4.74 Å². The van der Waals surface area contributed by atoms with Gasteiger partial charge in [0.05, 0.1) is 17.7 Å². The predicted octanol–water partition coefficient (Wildman–Crippen LogP) is 1.52. The quantitative estimate of drug-likeness (QED) is 0.790. The summed E-state index contributed by atoms with van der Waals surface area (Å²) in [6.45, 7) is -0.0736. The molecule has 0 spiro atoms. The van der Waals surface area contributed by atoms with Crippen LogP contribution in [0.15, 0.2) is 28.3 Å². The second kappa shape index (κ2) is 6.36. The van der Waals surface area contributed by atoms with Gasteiger partial charge >= 0.3 is 5.97 Å². The molecule has 0 unspecified atom stereocenters. The third-order valence-electron chi connectivity index (χ3n) is 2.28. The van der Waals surface area contributed by atoms with E-state index in [0.29, 0.717) is 15.7 Å². The number of hydrogen-bond acceptors (Lipinski definition) is 7. The third kappa shape index (κ3) is 3.26. The molecule has 0 aliphatic carbocycles. The van der Waals surface area contributed by atoms with Crippen molar-refractivity contribution >= 4 is 29.3 Å². The minimum atomic E-state index is -0.447. The van der Waals surface area contributed by atoms with Gasteiger partial charge in [-0.3, -0.25) is 4.79 Å². The van der Waals surface area contributed by atoms with Crippen LogP contribution >= 0.6 is 23.4 Å². The topological polar surface area (TPSA) is 93.7 Å². The van der Waals surface area contributed by atoms with Gasteiger partial charge in [-0.1, -0.05) is 11.6 Å². The van der Waals surface area contributed by atoms with Crippen LogP contribution in [0.3, 0.4) is 0 Å². The fraction of sp³-hybridized carbons (Fsp3) is 0.182. The first-order valence-electron chi connectivity index (χ1n) is 5.34. The lowest BCUT2D eigenvalue weighted by molar-refractivity contribution is -0.141. The number of benzene rings is 1. The van der Waals surface area contributed by atoms with Crippen LogP contribution in [0, 0.1) is 11.3 Å². The number of tetrazole rings is 1. The van der Waals surface area contributed by atoms with E-state index in [9.17, 15) is 4.79 Å². The summed E-state index contributed by atoms with van der Waals surface area (Å²) in [5.74, 6) is -0.447. The summed E-state index contributed by atoms with van der Waals surface area (Å²) < 4.78 is 5.88. The number of halogens is 1. The van der Waals surface area contributed by atoms with Crippen molar-refractivity contribution in [2.24, 2.45) is 0 Å². The van der Waals surface area contributed by atoms with Gasteiger partial charge in [-0.15, -0.1) is 5.10 Å². The molecule has 0 saturated carbocycles. The van der Waals surface area contributed by atoms with Gasteiger partial charge in [-0.25, -0.2) is 4.68 Å². The molecular weight excluding hydrogens is 302 g/mol. The molecule has 0 bridgehead atoms. The molecule has 102 valence electrons. The standard InChI is InChI=1S/C11H8ClN5O2S/c1-19-10(18)6-17-11(14-15-16-17)20-8-3-2-7(5-13)9(12)4-8/h2-4H,6H2,1H3. The maximum atomic E-state index is 11.2. The van der Waals surface area contributed by atoms with E-state index in [4.69, 9.17) is 16.9 Å². The summed E-state index contributed by atoms with van der Waals surface area (Å²) in [5.41, 5.74) is 0.394. The Morgan fingerprint density at radius 2 is 2.40 bits per heavy atom. The van der Waals surface area contributed by atoms with E-state index in [1.165, 1.54) is 23.6 Å². The normalized spacial score (nSPS) is 10.1. The first kappa shape index (κ1) is 14.3. The number of carbonyl (C=O) groups is 1. The highest BCUT2D eigenvalue weighted by molar-refractivity contribution is 7.99. The molecule has 9 heteroatoms. The van der Waals surface area contributed by atoms with Gasteiger partial charge in [0.25, 0.3) is 0 Å². The van der Waals surface area contributed by atoms with Crippen molar-refractivity contribution in [1.29, 1.82) is 5.26 Å². The molecule has 2 aromatic rings. The summed E-state index contributed by atoms with van der Waals surface area (Å²) in [5, 5.41) is 20.6. The Bertz CT molecular complexity index is 682. The Morgan fingerprint density at radius 1 is 1.60 bits per heavy atom. The second-order valence-corrected chi connectivity index (χ2v) is 5.00. The fourth-order valence-electron chi connectivity index (χ4n) is 1.31. The Balaban J connectivity index is 2.19. The number of methoxy groups -OCH3 is 1. The Labute approximate surface area is 123 Å². The molecule has 0 saturated heterocycles. The third-order valence-corrected chi connectivity index (χ3v) is 3.55. The van der Waals surface area contributed by atoms with Gasteiger partial charge in [-0.2, -0.15) is 5.26 Å². The zero-order valence-electron chi connectivity index (χ0n) is 10.3. The summed E-state index contributed by atoms with van der Waals surface area (Å²) in [6, 6.07) is 6.96. The summed E-state index contributed by atoms with van der Waals surface area (Å²) in [6.07, 6.45) is 0. The molecule has 0 aliphatic rings. The lowest BCUT2D eigenvalue weighted by Crippen LogP contribution is -2.13. The number of nitriles is 1. The van der Waals surface area contributed by atoms with Crippen LogP contribution in [-0.2, 0) is 16.1 Å². The van der Waals surface area contributed by atoms with E-state index in [0.717, 1.165) is 4.90 Å². The zero-order valence-corrected chi connectivity index (χ0v) is 11.9. The van der Waals surface area contributed by atoms with Crippen LogP contribution in [-0.4, -0.2) is 33.3 Å². The minimum absolute atomic E-state index is 0.0736. The number of aromatic nitrogens is 4. The highest BCUT2D eigenvalue weighted by Crippen LogP contribution is 2.29. The van der Waals surface area contributed by atoms with E-state index < -0.39 is 5.97 Å². The number of carbonyl (C=O) groups excluding carboxylic acids is 1. The Morgan fingerprint density at radius 3 is 3.05 bits per heavy atom. The lowest BCUT2D eigenvalue weighted by Gasteiger charge is -2.03. The van der Waals surface area contributed by atoms with Crippen molar-refractivity contribution in [1.82, 2.24) is 20.2 Å². The van der Waals surface area contributed by atoms with Crippen LogP contribution in [0.2, 0.25) is 5.02 Å². The molecule has 0 radical (unpaired) electrons. The van der Waals surface area contributed by atoms with Crippen LogP contribution in [0.4, 0.5) is 0 Å². The number of ether oxygens (including phenoxy) is 1. The van der Waals surface area contributed by atoms with E-state index in [2.05, 4.69) is 20.3 Å². The number of hydrogen-bond donors (Lipinski definition) is 0. The molecule has 0 N–H and O–H groups in total. The van der Waals surface area contributed by atoms with Crippen LogP contribution < -0.4 is 0 Å². The molecule has 0 atom stereocenters. The Hall–Kier alpha value is -2.11. The predicted molar refractivity (Wildman–Crippen MR) is 70.1 cm³/mol. The molecule has 7 nitrogen and oxygen atoms in total. The summed E-state index contributed by atoms with van der Waals surface area (Å²) in [7, 11) is 1.29. The largest absolute Gasteiger partial charge is 0.468 e. The van der Waals surface area contributed by atoms with Gasteiger partial charge in [0.2, 0.25) is 5.16 Å². The van der Waals surface area contributed by atoms with Gasteiger partial charge in [0.1, 0.15) is 12.6 Å². The lowest BCUT2D eigenvalue weighted by atomic mass is 10.2.